The third kappa shape index (κ3) is 3.51. The summed E-state index contributed by atoms with van der Waals surface area (Å²) in [4.78, 5) is 19.2. The number of rotatable bonds is 6. The molecule has 0 spiro atoms. The van der Waals surface area contributed by atoms with Gasteiger partial charge in [0.05, 0.1) is 18.7 Å². The average Bonchev–Trinajstić information content (AvgIpc) is 3.06. The molecule has 1 aromatic rings. The zero-order valence-electron chi connectivity index (χ0n) is 10.5. The van der Waals surface area contributed by atoms with Gasteiger partial charge < -0.3 is 14.4 Å². The van der Waals surface area contributed by atoms with E-state index in [1.807, 2.05) is 0 Å². The zero-order valence-corrected chi connectivity index (χ0v) is 11.3. The van der Waals surface area contributed by atoms with Gasteiger partial charge in [-0.05, 0) is 12.8 Å². The van der Waals surface area contributed by atoms with Gasteiger partial charge in [0.1, 0.15) is 6.10 Å². The molecule has 1 amide bonds. The summed E-state index contributed by atoms with van der Waals surface area (Å²) in [6, 6.07) is 0. The standard InChI is InChI=1S/C12H18N2O3S/c1-16-6-4-14(8-10-7-13-9-18-10)12(15)11-3-2-5-17-11/h7,9,11H,2-6,8H2,1H3/t11-/m0/s1. The van der Waals surface area contributed by atoms with E-state index in [9.17, 15) is 4.79 Å². The van der Waals surface area contributed by atoms with Crippen molar-refractivity contribution in [1.29, 1.82) is 0 Å². The molecule has 100 valence electrons. The Bertz CT molecular complexity index is 363. The summed E-state index contributed by atoms with van der Waals surface area (Å²) in [5.74, 6) is 0.0675. The molecule has 0 saturated carbocycles. The highest BCUT2D eigenvalue weighted by Gasteiger charge is 2.28. The Hall–Kier alpha value is -0.980. The summed E-state index contributed by atoms with van der Waals surface area (Å²) in [6.45, 7) is 2.41. The second kappa shape index (κ2) is 6.82. The van der Waals surface area contributed by atoms with Crippen molar-refractivity contribution in [2.24, 2.45) is 0 Å². The Labute approximate surface area is 111 Å². The third-order valence-electron chi connectivity index (χ3n) is 2.91. The summed E-state index contributed by atoms with van der Waals surface area (Å²) in [6.07, 6.45) is 3.32. The van der Waals surface area contributed by atoms with Crippen molar-refractivity contribution in [1.82, 2.24) is 9.88 Å². The number of hydrogen-bond acceptors (Lipinski definition) is 5. The number of carbonyl (C=O) groups excluding carboxylic acids is 1. The van der Waals surface area contributed by atoms with Crippen molar-refractivity contribution in [2.75, 3.05) is 26.9 Å². The monoisotopic (exact) mass is 270 g/mol. The summed E-state index contributed by atoms with van der Waals surface area (Å²) < 4.78 is 10.5. The summed E-state index contributed by atoms with van der Waals surface area (Å²) in [5, 5.41) is 0. The average molecular weight is 270 g/mol. The fraction of sp³-hybridized carbons (Fsp3) is 0.667. The van der Waals surface area contributed by atoms with Crippen LogP contribution in [0.1, 0.15) is 17.7 Å². The molecule has 6 heteroatoms. The first-order valence-corrected chi connectivity index (χ1v) is 6.96. The molecule has 0 N–H and O–H groups in total. The van der Waals surface area contributed by atoms with E-state index in [1.165, 1.54) is 0 Å². The van der Waals surface area contributed by atoms with Gasteiger partial charge in [-0.15, -0.1) is 11.3 Å². The van der Waals surface area contributed by atoms with Gasteiger partial charge in [-0.2, -0.15) is 0 Å². The Morgan fingerprint density at radius 1 is 1.72 bits per heavy atom. The van der Waals surface area contributed by atoms with Crippen molar-refractivity contribution in [3.63, 3.8) is 0 Å². The highest BCUT2D eigenvalue weighted by atomic mass is 32.1. The lowest BCUT2D eigenvalue weighted by molar-refractivity contribution is -0.142. The van der Waals surface area contributed by atoms with E-state index in [1.54, 1.807) is 35.1 Å². The first kappa shape index (κ1) is 13.5. The molecule has 1 aliphatic rings. The topological polar surface area (TPSA) is 51.7 Å². The van der Waals surface area contributed by atoms with Crippen LogP contribution in [0.25, 0.3) is 0 Å². The molecule has 5 nitrogen and oxygen atoms in total. The maximum absolute atomic E-state index is 12.3. The molecule has 1 atom stereocenters. The Morgan fingerprint density at radius 3 is 3.22 bits per heavy atom. The van der Waals surface area contributed by atoms with Gasteiger partial charge in [0.25, 0.3) is 5.91 Å². The van der Waals surface area contributed by atoms with Gasteiger partial charge in [-0.3, -0.25) is 9.78 Å². The first-order valence-electron chi connectivity index (χ1n) is 6.08. The van der Waals surface area contributed by atoms with Gasteiger partial charge >= 0.3 is 0 Å². The Balaban J connectivity index is 1.96. The molecule has 1 fully saturated rings. The lowest BCUT2D eigenvalue weighted by Crippen LogP contribution is -2.40. The smallest absolute Gasteiger partial charge is 0.252 e. The predicted octanol–water partition coefficient (Wildman–Crippen LogP) is 1.30. The molecular formula is C12H18N2O3S. The van der Waals surface area contributed by atoms with Crippen molar-refractivity contribution in [3.05, 3.63) is 16.6 Å². The summed E-state index contributed by atoms with van der Waals surface area (Å²) >= 11 is 1.56. The van der Waals surface area contributed by atoms with Gasteiger partial charge in [0.15, 0.2) is 0 Å². The quantitative estimate of drug-likeness (QED) is 0.782. The molecule has 0 bridgehead atoms. The Kier molecular flexibility index (Phi) is 5.10. The van der Waals surface area contributed by atoms with Crippen LogP contribution >= 0.6 is 11.3 Å². The molecule has 2 rings (SSSR count). The van der Waals surface area contributed by atoms with Crippen LogP contribution in [0.15, 0.2) is 11.7 Å². The number of ether oxygens (including phenoxy) is 2. The number of nitrogens with zero attached hydrogens (tertiary/aromatic N) is 2. The zero-order chi connectivity index (χ0) is 12.8. The number of aromatic nitrogens is 1. The molecule has 1 aliphatic heterocycles. The van der Waals surface area contributed by atoms with Crippen molar-refractivity contribution < 1.29 is 14.3 Å². The van der Waals surface area contributed by atoms with E-state index in [0.717, 1.165) is 17.7 Å². The number of thiazole rings is 1. The Morgan fingerprint density at radius 2 is 2.61 bits per heavy atom. The minimum atomic E-state index is -0.269. The molecule has 0 unspecified atom stereocenters. The minimum absolute atomic E-state index is 0.0675. The van der Waals surface area contributed by atoms with E-state index in [-0.39, 0.29) is 12.0 Å². The highest BCUT2D eigenvalue weighted by molar-refractivity contribution is 7.09. The van der Waals surface area contributed by atoms with E-state index in [4.69, 9.17) is 9.47 Å². The fourth-order valence-electron chi connectivity index (χ4n) is 1.95. The second-order valence-corrected chi connectivity index (χ2v) is 5.19. The number of amides is 1. The second-order valence-electron chi connectivity index (χ2n) is 4.22. The summed E-state index contributed by atoms with van der Waals surface area (Å²) in [7, 11) is 1.64. The van der Waals surface area contributed by atoms with E-state index in [2.05, 4.69) is 4.98 Å². The third-order valence-corrected chi connectivity index (χ3v) is 3.68. The number of hydrogen-bond donors (Lipinski definition) is 0. The van der Waals surface area contributed by atoms with Gasteiger partial charge in [-0.25, -0.2) is 0 Å². The van der Waals surface area contributed by atoms with Crippen LogP contribution in [0.2, 0.25) is 0 Å². The molecule has 0 radical (unpaired) electrons. The number of methoxy groups -OCH3 is 1. The van der Waals surface area contributed by atoms with Crippen molar-refractivity contribution in [3.8, 4) is 0 Å². The van der Waals surface area contributed by atoms with Crippen LogP contribution in [0.3, 0.4) is 0 Å². The van der Waals surface area contributed by atoms with Crippen LogP contribution in [-0.4, -0.2) is 48.8 Å². The van der Waals surface area contributed by atoms with E-state index in [0.29, 0.717) is 26.3 Å². The van der Waals surface area contributed by atoms with Crippen molar-refractivity contribution in [2.45, 2.75) is 25.5 Å². The van der Waals surface area contributed by atoms with Crippen LogP contribution in [-0.2, 0) is 20.8 Å². The maximum atomic E-state index is 12.3. The highest BCUT2D eigenvalue weighted by Crippen LogP contribution is 2.17. The van der Waals surface area contributed by atoms with Gasteiger partial charge in [0, 0.05) is 31.3 Å². The van der Waals surface area contributed by atoms with Gasteiger partial charge in [-0.1, -0.05) is 0 Å². The molecule has 0 aliphatic carbocycles. The minimum Gasteiger partial charge on any atom is -0.383 e. The fourth-order valence-corrected chi connectivity index (χ4v) is 2.56. The lowest BCUT2D eigenvalue weighted by atomic mass is 10.2. The van der Waals surface area contributed by atoms with Crippen LogP contribution in [0.5, 0.6) is 0 Å². The largest absolute Gasteiger partial charge is 0.383 e. The van der Waals surface area contributed by atoms with Crippen LogP contribution < -0.4 is 0 Å². The molecule has 2 heterocycles. The van der Waals surface area contributed by atoms with E-state index >= 15 is 0 Å². The van der Waals surface area contributed by atoms with Crippen molar-refractivity contribution >= 4 is 17.2 Å². The molecule has 0 aromatic carbocycles. The number of carbonyl (C=O) groups is 1. The molecule has 18 heavy (non-hydrogen) atoms. The molecular weight excluding hydrogens is 252 g/mol. The summed E-state index contributed by atoms with van der Waals surface area (Å²) in [5.41, 5.74) is 1.78. The predicted molar refractivity (Wildman–Crippen MR) is 68.4 cm³/mol. The van der Waals surface area contributed by atoms with Crippen LogP contribution in [0.4, 0.5) is 0 Å². The first-order chi connectivity index (χ1) is 8.81. The maximum Gasteiger partial charge on any atom is 0.252 e. The van der Waals surface area contributed by atoms with Crippen LogP contribution in [0, 0.1) is 0 Å². The molecule has 1 saturated heterocycles. The van der Waals surface area contributed by atoms with Gasteiger partial charge in [0.2, 0.25) is 0 Å². The molecule has 1 aromatic heterocycles. The SMILES string of the molecule is COCCN(Cc1cncs1)C(=O)[C@@H]1CCCO1. The lowest BCUT2D eigenvalue weighted by Gasteiger charge is -2.24. The normalized spacial score (nSPS) is 19.1. The van der Waals surface area contributed by atoms with E-state index < -0.39 is 0 Å².